The smallest absolute Gasteiger partial charge is 0.223 e. The molecule has 0 unspecified atom stereocenters. The summed E-state index contributed by atoms with van der Waals surface area (Å²) in [6.45, 7) is 5.14. The maximum Gasteiger partial charge on any atom is 0.223 e. The third-order valence-corrected chi connectivity index (χ3v) is 4.90. The molecule has 27 heavy (non-hydrogen) atoms. The number of piperidine rings is 1. The lowest BCUT2D eigenvalue weighted by atomic mass is 9.96. The van der Waals surface area contributed by atoms with Crippen LogP contribution < -0.4 is 15.0 Å². The number of nitrogens with one attached hydrogen (secondary N) is 1. The first-order valence-corrected chi connectivity index (χ1v) is 9.70. The Bertz CT molecular complexity index is 698. The number of aromatic nitrogens is 2. The van der Waals surface area contributed by atoms with Gasteiger partial charge in [0.05, 0.1) is 12.8 Å². The van der Waals surface area contributed by atoms with Gasteiger partial charge in [0.1, 0.15) is 11.6 Å². The summed E-state index contributed by atoms with van der Waals surface area (Å²) in [6.07, 6.45) is 8.73. The topological polar surface area (TPSA) is 67.3 Å². The summed E-state index contributed by atoms with van der Waals surface area (Å²) in [6, 6.07) is 8.07. The van der Waals surface area contributed by atoms with Gasteiger partial charge in [-0.2, -0.15) is 0 Å². The van der Waals surface area contributed by atoms with Crippen LogP contribution in [0.15, 0.2) is 42.9 Å². The van der Waals surface area contributed by atoms with Gasteiger partial charge in [-0.05, 0) is 44.7 Å². The van der Waals surface area contributed by atoms with E-state index in [2.05, 4.69) is 27.1 Å². The predicted octanol–water partition coefficient (Wildman–Crippen LogP) is 2.98. The van der Waals surface area contributed by atoms with Crippen molar-refractivity contribution in [1.29, 1.82) is 0 Å². The second-order valence-corrected chi connectivity index (χ2v) is 6.98. The van der Waals surface area contributed by atoms with Crippen LogP contribution in [0.4, 0.5) is 5.82 Å². The number of rotatable bonds is 8. The average molecular weight is 368 g/mol. The number of nitrogens with zero attached hydrogens (tertiary/aromatic N) is 3. The van der Waals surface area contributed by atoms with Crippen LogP contribution in [0.1, 0.15) is 31.2 Å². The molecule has 6 heteroatoms. The minimum atomic E-state index is 0.0988. The number of aryl methyl sites for hydroxylation is 1. The van der Waals surface area contributed by atoms with E-state index in [0.717, 1.165) is 50.3 Å². The van der Waals surface area contributed by atoms with Gasteiger partial charge in [0, 0.05) is 37.9 Å². The molecule has 3 rings (SSSR count). The van der Waals surface area contributed by atoms with Crippen LogP contribution in [0.3, 0.4) is 0 Å². The Balaban J connectivity index is 1.27. The fraction of sp³-hybridized carbons (Fsp3) is 0.476. The molecule has 144 valence electrons. The number of hydrogen-bond acceptors (Lipinski definition) is 5. The molecule has 0 saturated carbocycles. The molecule has 0 atom stereocenters. The van der Waals surface area contributed by atoms with E-state index in [1.807, 2.05) is 24.3 Å². The summed E-state index contributed by atoms with van der Waals surface area (Å²) in [7, 11) is 0. The Kier molecular flexibility index (Phi) is 7.02. The molecule has 1 amide bonds. The van der Waals surface area contributed by atoms with Gasteiger partial charge in [-0.25, -0.2) is 4.98 Å². The third-order valence-electron chi connectivity index (χ3n) is 4.90. The maximum atomic E-state index is 12.3. The quantitative estimate of drug-likeness (QED) is 0.726. The monoisotopic (exact) mass is 368 g/mol. The van der Waals surface area contributed by atoms with Crippen LogP contribution in [-0.4, -0.2) is 42.1 Å². The van der Waals surface area contributed by atoms with Gasteiger partial charge in [-0.1, -0.05) is 17.7 Å². The van der Waals surface area contributed by atoms with E-state index in [-0.39, 0.29) is 11.8 Å². The first kappa shape index (κ1) is 19.1. The molecule has 1 saturated heterocycles. The fourth-order valence-electron chi connectivity index (χ4n) is 3.23. The zero-order valence-corrected chi connectivity index (χ0v) is 15.9. The molecule has 1 N–H and O–H groups in total. The van der Waals surface area contributed by atoms with Crippen LogP contribution in [-0.2, 0) is 4.79 Å². The van der Waals surface area contributed by atoms with Crippen molar-refractivity contribution in [3.63, 3.8) is 0 Å². The molecule has 1 aromatic heterocycles. The molecule has 1 aromatic carbocycles. The minimum Gasteiger partial charge on any atom is -0.494 e. The molecule has 6 nitrogen and oxygen atoms in total. The molecule has 0 aliphatic carbocycles. The number of ether oxygens (including phenoxy) is 1. The summed E-state index contributed by atoms with van der Waals surface area (Å²) < 4.78 is 5.71. The maximum absolute atomic E-state index is 12.3. The van der Waals surface area contributed by atoms with Crippen LogP contribution >= 0.6 is 0 Å². The Labute approximate surface area is 161 Å². The highest BCUT2D eigenvalue weighted by atomic mass is 16.5. The Morgan fingerprint density at radius 2 is 1.96 bits per heavy atom. The van der Waals surface area contributed by atoms with Gasteiger partial charge >= 0.3 is 0 Å². The van der Waals surface area contributed by atoms with E-state index in [9.17, 15) is 4.79 Å². The summed E-state index contributed by atoms with van der Waals surface area (Å²) in [5.74, 6) is 2.07. The highest BCUT2D eigenvalue weighted by Gasteiger charge is 2.25. The van der Waals surface area contributed by atoms with Gasteiger partial charge in [-0.3, -0.25) is 9.78 Å². The van der Waals surface area contributed by atoms with Crippen molar-refractivity contribution in [1.82, 2.24) is 15.3 Å². The highest BCUT2D eigenvalue weighted by Crippen LogP contribution is 2.21. The lowest BCUT2D eigenvalue weighted by Crippen LogP contribution is -2.41. The van der Waals surface area contributed by atoms with Gasteiger partial charge in [0.2, 0.25) is 5.91 Å². The number of anilines is 1. The lowest BCUT2D eigenvalue weighted by molar-refractivity contribution is -0.125. The van der Waals surface area contributed by atoms with Crippen molar-refractivity contribution < 1.29 is 9.53 Å². The van der Waals surface area contributed by atoms with Crippen LogP contribution in [0.25, 0.3) is 0 Å². The summed E-state index contributed by atoms with van der Waals surface area (Å²) in [4.78, 5) is 23.0. The molecule has 2 aromatic rings. The predicted molar refractivity (Wildman–Crippen MR) is 106 cm³/mol. The largest absolute Gasteiger partial charge is 0.494 e. The Morgan fingerprint density at radius 1 is 1.19 bits per heavy atom. The molecule has 0 spiro atoms. The third kappa shape index (κ3) is 5.94. The van der Waals surface area contributed by atoms with Crippen molar-refractivity contribution in [3.05, 3.63) is 48.4 Å². The van der Waals surface area contributed by atoms with Crippen molar-refractivity contribution >= 4 is 11.7 Å². The van der Waals surface area contributed by atoms with E-state index in [0.29, 0.717) is 13.2 Å². The van der Waals surface area contributed by atoms with Gasteiger partial charge in [0.25, 0.3) is 0 Å². The van der Waals surface area contributed by atoms with E-state index in [4.69, 9.17) is 4.74 Å². The molecule has 2 heterocycles. The SMILES string of the molecule is Cc1ccc(OCCCCNC(=O)C2CCN(c3cnccn3)CC2)cc1. The summed E-state index contributed by atoms with van der Waals surface area (Å²) in [5.41, 5.74) is 1.23. The van der Waals surface area contributed by atoms with E-state index >= 15 is 0 Å². The number of carbonyl (C=O) groups excluding carboxylic acids is 1. The Hall–Kier alpha value is -2.63. The number of unbranched alkanes of at least 4 members (excludes halogenated alkanes) is 1. The van der Waals surface area contributed by atoms with Crippen molar-refractivity contribution in [2.24, 2.45) is 5.92 Å². The molecule has 1 fully saturated rings. The zero-order valence-electron chi connectivity index (χ0n) is 15.9. The minimum absolute atomic E-state index is 0.0988. The van der Waals surface area contributed by atoms with Crippen molar-refractivity contribution in [3.8, 4) is 5.75 Å². The standard InChI is InChI=1S/C21H28N4O2/c1-17-4-6-19(7-5-17)27-15-3-2-10-24-21(26)18-8-13-25(14-9-18)20-16-22-11-12-23-20/h4-7,11-12,16,18H,2-3,8-10,13-15H2,1H3,(H,24,26). The zero-order chi connectivity index (χ0) is 18.9. The number of hydrogen-bond donors (Lipinski definition) is 1. The molecule has 1 aliphatic heterocycles. The number of amides is 1. The van der Waals surface area contributed by atoms with E-state index in [1.165, 1.54) is 5.56 Å². The lowest BCUT2D eigenvalue weighted by Gasteiger charge is -2.31. The van der Waals surface area contributed by atoms with Gasteiger partial charge in [0.15, 0.2) is 0 Å². The van der Waals surface area contributed by atoms with Crippen LogP contribution in [0, 0.1) is 12.8 Å². The highest BCUT2D eigenvalue weighted by molar-refractivity contribution is 5.78. The van der Waals surface area contributed by atoms with Crippen molar-refractivity contribution in [2.45, 2.75) is 32.6 Å². The summed E-state index contributed by atoms with van der Waals surface area (Å²) >= 11 is 0. The van der Waals surface area contributed by atoms with E-state index < -0.39 is 0 Å². The molecule has 0 radical (unpaired) electrons. The normalized spacial score (nSPS) is 14.8. The summed E-state index contributed by atoms with van der Waals surface area (Å²) in [5, 5.41) is 3.07. The molecule has 0 bridgehead atoms. The number of benzene rings is 1. The van der Waals surface area contributed by atoms with Crippen LogP contribution in [0.5, 0.6) is 5.75 Å². The van der Waals surface area contributed by atoms with Gasteiger partial charge in [-0.15, -0.1) is 0 Å². The fourth-order valence-corrected chi connectivity index (χ4v) is 3.23. The van der Waals surface area contributed by atoms with E-state index in [1.54, 1.807) is 18.6 Å². The molecular weight excluding hydrogens is 340 g/mol. The van der Waals surface area contributed by atoms with Crippen molar-refractivity contribution in [2.75, 3.05) is 31.1 Å². The van der Waals surface area contributed by atoms with Crippen LogP contribution in [0.2, 0.25) is 0 Å². The molecule has 1 aliphatic rings. The number of carbonyl (C=O) groups is 1. The first-order chi connectivity index (χ1) is 13.2. The second kappa shape index (κ2) is 9.90. The van der Waals surface area contributed by atoms with Gasteiger partial charge < -0.3 is 15.0 Å². The average Bonchev–Trinajstić information content (AvgIpc) is 2.72. The second-order valence-electron chi connectivity index (χ2n) is 6.98. The Morgan fingerprint density at radius 3 is 2.67 bits per heavy atom. The molecular formula is C21H28N4O2. The first-order valence-electron chi connectivity index (χ1n) is 9.70.